The molecular weight excluding hydrogens is 123 g/mol. The van der Waals surface area contributed by atoms with Gasteiger partial charge in [-0.15, -0.1) is 0 Å². The normalized spacial score (nSPS) is 16.1. The molecule has 8 heavy (non-hydrogen) atoms. The van der Waals surface area contributed by atoms with Gasteiger partial charge in [0.1, 0.15) is 0 Å². The SMILES string of the molecule is CC=C(CC)[PH](=O)O. The molecule has 0 rings (SSSR count). The Morgan fingerprint density at radius 2 is 2.38 bits per heavy atom. The summed E-state index contributed by atoms with van der Waals surface area (Å²) < 4.78 is 10.3. The van der Waals surface area contributed by atoms with Crippen LogP contribution in [0.25, 0.3) is 0 Å². The molecule has 0 fully saturated rings. The van der Waals surface area contributed by atoms with Crippen molar-refractivity contribution in [3.63, 3.8) is 0 Å². The Bertz CT molecular complexity index is 118. The molecule has 1 unspecified atom stereocenters. The molecule has 1 N–H and O–H groups in total. The first kappa shape index (κ1) is 7.93. The highest BCUT2D eigenvalue weighted by atomic mass is 31.1. The third-order valence-electron chi connectivity index (χ3n) is 1.00. The lowest BCUT2D eigenvalue weighted by atomic mass is 10.4. The van der Waals surface area contributed by atoms with Crippen molar-refractivity contribution in [2.45, 2.75) is 20.3 Å². The van der Waals surface area contributed by atoms with Crippen LogP contribution >= 0.6 is 8.03 Å². The van der Waals surface area contributed by atoms with Crippen molar-refractivity contribution in [3.05, 3.63) is 11.4 Å². The van der Waals surface area contributed by atoms with E-state index in [-0.39, 0.29) is 0 Å². The van der Waals surface area contributed by atoms with E-state index in [1.807, 2.05) is 6.92 Å². The van der Waals surface area contributed by atoms with Crippen LogP contribution in [0.15, 0.2) is 11.4 Å². The van der Waals surface area contributed by atoms with Gasteiger partial charge in [-0.2, -0.15) is 0 Å². The Morgan fingerprint density at radius 3 is 2.38 bits per heavy atom. The van der Waals surface area contributed by atoms with E-state index in [1.54, 1.807) is 13.0 Å². The number of hydrogen-bond donors (Lipinski definition) is 1. The zero-order valence-electron chi connectivity index (χ0n) is 5.14. The van der Waals surface area contributed by atoms with Gasteiger partial charge in [0.15, 0.2) is 0 Å². The van der Waals surface area contributed by atoms with E-state index >= 15 is 0 Å². The molecule has 0 bridgehead atoms. The van der Waals surface area contributed by atoms with E-state index < -0.39 is 8.03 Å². The third kappa shape index (κ3) is 2.29. The van der Waals surface area contributed by atoms with E-state index in [1.165, 1.54) is 0 Å². The molecule has 0 radical (unpaired) electrons. The Hall–Kier alpha value is -0.0700. The monoisotopic (exact) mass is 134 g/mol. The highest BCUT2D eigenvalue weighted by molar-refractivity contribution is 7.43. The van der Waals surface area contributed by atoms with Gasteiger partial charge in [0, 0.05) is 5.31 Å². The molecule has 2 nitrogen and oxygen atoms in total. The van der Waals surface area contributed by atoms with Crippen molar-refractivity contribution in [1.82, 2.24) is 0 Å². The van der Waals surface area contributed by atoms with Crippen LogP contribution in [0.2, 0.25) is 0 Å². The second kappa shape index (κ2) is 3.88. The highest BCUT2D eigenvalue weighted by Gasteiger charge is 1.95. The smallest absolute Gasteiger partial charge is 0.213 e. The fourth-order valence-electron chi connectivity index (χ4n) is 0.479. The van der Waals surface area contributed by atoms with Crippen LogP contribution < -0.4 is 0 Å². The van der Waals surface area contributed by atoms with E-state index in [0.29, 0.717) is 11.7 Å². The van der Waals surface area contributed by atoms with Crippen LogP contribution in [0.4, 0.5) is 0 Å². The molecule has 0 saturated carbocycles. The van der Waals surface area contributed by atoms with Crippen LogP contribution in [0.3, 0.4) is 0 Å². The molecule has 0 aromatic carbocycles. The molecule has 0 aliphatic heterocycles. The van der Waals surface area contributed by atoms with Gasteiger partial charge in [-0.1, -0.05) is 13.0 Å². The fourth-order valence-corrected chi connectivity index (χ4v) is 1.03. The molecule has 0 spiro atoms. The molecule has 0 aromatic heterocycles. The van der Waals surface area contributed by atoms with Crippen molar-refractivity contribution in [1.29, 1.82) is 0 Å². The summed E-state index contributed by atoms with van der Waals surface area (Å²) in [6.07, 6.45) is 2.38. The van der Waals surface area contributed by atoms with Gasteiger partial charge < -0.3 is 4.89 Å². The van der Waals surface area contributed by atoms with Crippen LogP contribution in [0, 0.1) is 0 Å². The zero-order valence-corrected chi connectivity index (χ0v) is 6.14. The topological polar surface area (TPSA) is 37.3 Å². The Kier molecular flexibility index (Phi) is 3.84. The summed E-state index contributed by atoms with van der Waals surface area (Å²) in [7, 11) is -2.36. The van der Waals surface area contributed by atoms with Crippen molar-refractivity contribution in [2.75, 3.05) is 0 Å². The lowest BCUT2D eigenvalue weighted by molar-refractivity contribution is 0.508. The summed E-state index contributed by atoms with van der Waals surface area (Å²) in [5.74, 6) is 0. The summed E-state index contributed by atoms with van der Waals surface area (Å²) in [6, 6.07) is 0. The van der Waals surface area contributed by atoms with Gasteiger partial charge in [-0.25, -0.2) is 0 Å². The molecule has 0 amide bonds. The van der Waals surface area contributed by atoms with Crippen molar-refractivity contribution < 1.29 is 9.46 Å². The van der Waals surface area contributed by atoms with Gasteiger partial charge in [-0.05, 0) is 13.3 Å². The maximum atomic E-state index is 10.3. The maximum Gasteiger partial charge on any atom is 0.213 e. The molecule has 0 saturated heterocycles. The molecule has 0 aromatic rings. The number of hydrogen-bond acceptors (Lipinski definition) is 1. The number of allylic oxidation sites excluding steroid dienone is 2. The van der Waals surface area contributed by atoms with Crippen LogP contribution in [0.5, 0.6) is 0 Å². The van der Waals surface area contributed by atoms with Crippen LogP contribution in [-0.2, 0) is 4.57 Å². The maximum absolute atomic E-state index is 10.3. The first-order valence-corrected chi connectivity index (χ1v) is 3.96. The lowest BCUT2D eigenvalue weighted by Crippen LogP contribution is -1.68. The van der Waals surface area contributed by atoms with E-state index in [0.717, 1.165) is 0 Å². The summed E-state index contributed by atoms with van der Waals surface area (Å²) in [5, 5.41) is 0.662. The summed E-state index contributed by atoms with van der Waals surface area (Å²) in [4.78, 5) is 8.49. The zero-order chi connectivity index (χ0) is 6.57. The van der Waals surface area contributed by atoms with Crippen molar-refractivity contribution in [3.8, 4) is 0 Å². The van der Waals surface area contributed by atoms with Gasteiger partial charge in [0.2, 0.25) is 8.03 Å². The first-order valence-electron chi connectivity index (χ1n) is 2.60. The van der Waals surface area contributed by atoms with Crippen molar-refractivity contribution in [2.24, 2.45) is 0 Å². The van der Waals surface area contributed by atoms with E-state index in [4.69, 9.17) is 4.89 Å². The second-order valence-electron chi connectivity index (χ2n) is 1.47. The van der Waals surface area contributed by atoms with Gasteiger partial charge in [0.25, 0.3) is 0 Å². The summed E-state index contributed by atoms with van der Waals surface area (Å²) in [5.41, 5.74) is 0. The fraction of sp³-hybridized carbons (Fsp3) is 0.600. The Labute approximate surface area is 50.1 Å². The molecule has 48 valence electrons. The predicted molar refractivity (Wildman–Crippen MR) is 35.3 cm³/mol. The van der Waals surface area contributed by atoms with Crippen molar-refractivity contribution >= 4 is 8.03 Å². The minimum Gasteiger partial charge on any atom is -0.343 e. The molecule has 0 aliphatic rings. The minimum absolute atomic E-state index is 0.662. The van der Waals surface area contributed by atoms with Gasteiger partial charge in [-0.3, -0.25) is 4.57 Å². The Balaban J connectivity index is 3.92. The summed E-state index contributed by atoms with van der Waals surface area (Å²) >= 11 is 0. The molecular formula is C5H11O2P. The minimum atomic E-state index is -2.36. The van der Waals surface area contributed by atoms with E-state index in [9.17, 15) is 4.57 Å². The third-order valence-corrected chi connectivity index (χ3v) is 2.20. The predicted octanol–water partition coefficient (Wildman–Crippen LogP) is 1.77. The summed E-state index contributed by atoms with van der Waals surface area (Å²) in [6.45, 7) is 3.64. The van der Waals surface area contributed by atoms with Gasteiger partial charge >= 0.3 is 0 Å². The van der Waals surface area contributed by atoms with Gasteiger partial charge in [0.05, 0.1) is 0 Å². The Morgan fingerprint density at radius 1 is 1.88 bits per heavy atom. The average Bonchev–Trinajstić information content (AvgIpc) is 1.69. The van der Waals surface area contributed by atoms with Crippen LogP contribution in [-0.4, -0.2) is 4.89 Å². The van der Waals surface area contributed by atoms with Crippen LogP contribution in [0.1, 0.15) is 20.3 Å². The quantitative estimate of drug-likeness (QED) is 0.584. The lowest BCUT2D eigenvalue weighted by Gasteiger charge is -1.93. The molecule has 3 heteroatoms. The first-order chi connectivity index (χ1) is 3.72. The second-order valence-corrected chi connectivity index (χ2v) is 2.73. The molecule has 0 aliphatic carbocycles. The molecule has 0 heterocycles. The highest BCUT2D eigenvalue weighted by Crippen LogP contribution is 2.28. The largest absolute Gasteiger partial charge is 0.343 e. The number of rotatable bonds is 2. The molecule has 1 atom stereocenters. The van der Waals surface area contributed by atoms with E-state index in [2.05, 4.69) is 0 Å². The standard InChI is InChI=1S/C5H11O2P/c1-3-5(4-2)8(6)7/h3,8H,4H2,1-2H3,(H,6,7). The average molecular weight is 134 g/mol.